The number of hydrogen-bond donors (Lipinski definition) is 1. The van der Waals surface area contributed by atoms with Crippen LogP contribution in [0.2, 0.25) is 0 Å². The Balaban J connectivity index is 2.64. The molecule has 0 atom stereocenters. The second-order valence-electron chi connectivity index (χ2n) is 5.84. The first-order valence-corrected chi connectivity index (χ1v) is 6.91. The molecule has 0 aromatic rings. The molecule has 18 heavy (non-hydrogen) atoms. The summed E-state index contributed by atoms with van der Waals surface area (Å²) in [6.07, 6.45) is 5.82. The average molecular weight is 255 g/mol. The highest BCUT2D eigenvalue weighted by molar-refractivity contribution is 5.84. The normalized spacial score (nSPS) is 17.5. The van der Waals surface area contributed by atoms with Gasteiger partial charge in [0.2, 0.25) is 5.91 Å². The van der Waals surface area contributed by atoms with Crippen molar-refractivity contribution < 1.29 is 14.7 Å². The lowest BCUT2D eigenvalue weighted by molar-refractivity contribution is -0.152. The van der Waals surface area contributed by atoms with Crippen molar-refractivity contribution in [3.05, 3.63) is 0 Å². The zero-order valence-electron chi connectivity index (χ0n) is 11.7. The van der Waals surface area contributed by atoms with E-state index >= 15 is 0 Å². The fraction of sp³-hybridized carbons (Fsp3) is 0.857. The van der Waals surface area contributed by atoms with Crippen molar-refractivity contribution in [1.82, 2.24) is 4.90 Å². The van der Waals surface area contributed by atoms with Gasteiger partial charge in [-0.15, -0.1) is 0 Å². The SMILES string of the molecule is CCN(C(=O)CC(C)(C)C(=O)O)C1CCCCC1. The molecule has 0 aromatic carbocycles. The van der Waals surface area contributed by atoms with Gasteiger partial charge in [0.05, 0.1) is 5.41 Å². The van der Waals surface area contributed by atoms with Gasteiger partial charge in [0.25, 0.3) is 0 Å². The molecular formula is C14H25NO3. The highest BCUT2D eigenvalue weighted by Crippen LogP contribution is 2.26. The van der Waals surface area contributed by atoms with Gasteiger partial charge < -0.3 is 10.0 Å². The molecule has 0 heterocycles. The van der Waals surface area contributed by atoms with E-state index in [9.17, 15) is 9.59 Å². The van der Waals surface area contributed by atoms with E-state index in [-0.39, 0.29) is 12.3 Å². The maximum absolute atomic E-state index is 12.3. The minimum atomic E-state index is -0.973. The quantitative estimate of drug-likeness (QED) is 0.821. The van der Waals surface area contributed by atoms with Crippen molar-refractivity contribution in [2.24, 2.45) is 5.41 Å². The van der Waals surface area contributed by atoms with E-state index in [1.807, 2.05) is 11.8 Å². The molecular weight excluding hydrogens is 230 g/mol. The summed E-state index contributed by atoms with van der Waals surface area (Å²) in [5, 5.41) is 9.08. The molecule has 0 aromatic heterocycles. The molecule has 4 nitrogen and oxygen atoms in total. The maximum atomic E-state index is 12.3. The van der Waals surface area contributed by atoms with E-state index in [1.54, 1.807) is 13.8 Å². The van der Waals surface area contributed by atoms with E-state index in [2.05, 4.69) is 0 Å². The van der Waals surface area contributed by atoms with Crippen molar-refractivity contribution in [2.75, 3.05) is 6.54 Å². The summed E-state index contributed by atoms with van der Waals surface area (Å²) >= 11 is 0. The van der Waals surface area contributed by atoms with Gasteiger partial charge in [-0.1, -0.05) is 19.3 Å². The minimum Gasteiger partial charge on any atom is -0.481 e. The Hall–Kier alpha value is -1.06. The van der Waals surface area contributed by atoms with Gasteiger partial charge in [-0.05, 0) is 33.6 Å². The smallest absolute Gasteiger partial charge is 0.309 e. The Kier molecular flexibility index (Phi) is 5.17. The number of amides is 1. The lowest BCUT2D eigenvalue weighted by Gasteiger charge is -2.35. The Morgan fingerprint density at radius 3 is 2.22 bits per heavy atom. The highest BCUT2D eigenvalue weighted by Gasteiger charge is 2.33. The third-order valence-corrected chi connectivity index (χ3v) is 3.85. The predicted molar refractivity (Wildman–Crippen MR) is 70.3 cm³/mol. The van der Waals surface area contributed by atoms with Gasteiger partial charge in [0.15, 0.2) is 0 Å². The van der Waals surface area contributed by atoms with E-state index in [4.69, 9.17) is 5.11 Å². The molecule has 0 spiro atoms. The number of carbonyl (C=O) groups excluding carboxylic acids is 1. The number of hydrogen-bond acceptors (Lipinski definition) is 2. The molecule has 0 unspecified atom stereocenters. The summed E-state index contributed by atoms with van der Waals surface area (Å²) < 4.78 is 0. The van der Waals surface area contributed by atoms with Gasteiger partial charge >= 0.3 is 5.97 Å². The number of rotatable bonds is 5. The second kappa shape index (κ2) is 6.21. The summed E-state index contributed by atoms with van der Waals surface area (Å²) in [7, 11) is 0. The molecule has 1 aliphatic carbocycles. The van der Waals surface area contributed by atoms with E-state index in [0.717, 1.165) is 12.8 Å². The standard InChI is InChI=1S/C14H25NO3/c1-4-15(11-8-6-5-7-9-11)12(16)10-14(2,3)13(17)18/h11H,4-10H2,1-3H3,(H,17,18). The minimum absolute atomic E-state index is 0.0169. The van der Waals surface area contributed by atoms with Crippen molar-refractivity contribution in [3.63, 3.8) is 0 Å². The fourth-order valence-electron chi connectivity index (χ4n) is 2.59. The van der Waals surface area contributed by atoms with Gasteiger partial charge in [-0.2, -0.15) is 0 Å². The average Bonchev–Trinajstić information content (AvgIpc) is 2.30. The lowest BCUT2D eigenvalue weighted by atomic mass is 9.87. The highest BCUT2D eigenvalue weighted by atomic mass is 16.4. The molecule has 1 aliphatic rings. The zero-order chi connectivity index (χ0) is 13.8. The Morgan fingerprint density at radius 2 is 1.78 bits per heavy atom. The zero-order valence-corrected chi connectivity index (χ0v) is 11.7. The molecule has 4 heteroatoms. The molecule has 1 fully saturated rings. The summed E-state index contributed by atoms with van der Waals surface area (Å²) in [5.41, 5.74) is -0.973. The molecule has 0 bridgehead atoms. The lowest BCUT2D eigenvalue weighted by Crippen LogP contribution is -2.43. The van der Waals surface area contributed by atoms with E-state index in [1.165, 1.54) is 19.3 Å². The maximum Gasteiger partial charge on any atom is 0.309 e. The molecule has 0 saturated heterocycles. The number of carboxylic acid groups (broad SMARTS) is 1. The van der Waals surface area contributed by atoms with E-state index in [0.29, 0.717) is 12.6 Å². The molecule has 104 valence electrons. The number of carboxylic acids is 1. The Labute approximate surface area is 109 Å². The molecule has 0 radical (unpaired) electrons. The van der Waals surface area contributed by atoms with Crippen molar-refractivity contribution in [1.29, 1.82) is 0 Å². The fourth-order valence-corrected chi connectivity index (χ4v) is 2.59. The van der Waals surface area contributed by atoms with Gasteiger partial charge in [-0.25, -0.2) is 0 Å². The van der Waals surface area contributed by atoms with Crippen LogP contribution in [-0.4, -0.2) is 34.5 Å². The van der Waals surface area contributed by atoms with Gasteiger partial charge in [0.1, 0.15) is 0 Å². The van der Waals surface area contributed by atoms with Crippen LogP contribution in [0.1, 0.15) is 59.3 Å². The second-order valence-corrected chi connectivity index (χ2v) is 5.84. The first-order valence-electron chi connectivity index (χ1n) is 6.91. The molecule has 1 N–H and O–H groups in total. The van der Waals surface area contributed by atoms with Crippen LogP contribution in [0.25, 0.3) is 0 Å². The Bertz CT molecular complexity index is 306. The Morgan fingerprint density at radius 1 is 1.22 bits per heavy atom. The molecule has 1 amide bonds. The van der Waals surface area contributed by atoms with Crippen molar-refractivity contribution >= 4 is 11.9 Å². The molecule has 0 aliphatic heterocycles. The topological polar surface area (TPSA) is 57.6 Å². The largest absolute Gasteiger partial charge is 0.481 e. The van der Waals surface area contributed by atoms with E-state index < -0.39 is 11.4 Å². The van der Waals surface area contributed by atoms with Crippen LogP contribution in [0.4, 0.5) is 0 Å². The summed E-state index contributed by atoms with van der Waals surface area (Å²) in [5.74, 6) is -0.924. The molecule has 1 rings (SSSR count). The van der Waals surface area contributed by atoms with Crippen LogP contribution in [0.15, 0.2) is 0 Å². The third kappa shape index (κ3) is 3.72. The van der Waals surface area contributed by atoms with Crippen molar-refractivity contribution in [3.8, 4) is 0 Å². The summed E-state index contributed by atoms with van der Waals surface area (Å²) in [6.45, 7) is 5.88. The van der Waals surface area contributed by atoms with Crippen molar-refractivity contribution in [2.45, 2.75) is 65.3 Å². The monoisotopic (exact) mass is 255 g/mol. The van der Waals surface area contributed by atoms with Crippen LogP contribution in [-0.2, 0) is 9.59 Å². The van der Waals surface area contributed by atoms with Crippen LogP contribution >= 0.6 is 0 Å². The number of carbonyl (C=O) groups is 2. The third-order valence-electron chi connectivity index (χ3n) is 3.85. The summed E-state index contributed by atoms with van der Waals surface area (Å²) in [4.78, 5) is 25.2. The summed E-state index contributed by atoms with van der Waals surface area (Å²) in [6, 6.07) is 0.320. The van der Waals surface area contributed by atoms with Crippen LogP contribution in [0.3, 0.4) is 0 Å². The first kappa shape index (κ1) is 15.0. The van der Waals surface area contributed by atoms with Crippen LogP contribution in [0.5, 0.6) is 0 Å². The predicted octanol–water partition coefficient (Wildman–Crippen LogP) is 2.67. The van der Waals surface area contributed by atoms with Crippen LogP contribution < -0.4 is 0 Å². The number of nitrogens with zero attached hydrogens (tertiary/aromatic N) is 1. The first-order chi connectivity index (χ1) is 8.38. The van der Waals surface area contributed by atoms with Crippen LogP contribution in [0, 0.1) is 5.41 Å². The van der Waals surface area contributed by atoms with Gasteiger partial charge in [-0.3, -0.25) is 9.59 Å². The molecule has 1 saturated carbocycles. The number of aliphatic carboxylic acids is 1. The van der Waals surface area contributed by atoms with Gasteiger partial charge in [0, 0.05) is 19.0 Å².